The summed E-state index contributed by atoms with van der Waals surface area (Å²) in [7, 11) is 1.50. The summed E-state index contributed by atoms with van der Waals surface area (Å²) in [6, 6.07) is 12.7. The Balaban J connectivity index is 1.98. The minimum Gasteiger partial charge on any atom is -0.496 e. The molecule has 2 aromatic carbocycles. The van der Waals surface area contributed by atoms with Crippen LogP contribution in [0.2, 0.25) is 0 Å². The number of ether oxygens (including phenoxy) is 2. The Bertz CT molecular complexity index is 801. The van der Waals surface area contributed by atoms with Crippen LogP contribution < -0.4 is 10.1 Å². The first-order valence-electron chi connectivity index (χ1n) is 8.12. The summed E-state index contributed by atoms with van der Waals surface area (Å²) in [6.45, 7) is 2.94. The number of Topliss-reactive ketones (excluding diaryl/α,β-unsaturated/α-hetero) is 1. The van der Waals surface area contributed by atoms with Crippen LogP contribution in [0.15, 0.2) is 48.5 Å². The van der Waals surface area contributed by atoms with Crippen molar-refractivity contribution in [2.24, 2.45) is 0 Å². The fourth-order valence-corrected chi connectivity index (χ4v) is 2.31. The Hall–Kier alpha value is -3.15. The lowest BCUT2D eigenvalue weighted by Crippen LogP contribution is -2.39. The average Bonchev–Trinajstić information content (AvgIpc) is 2.66. The number of carbonyl (C=O) groups excluding carboxylic acids is 3. The molecule has 0 spiro atoms. The molecule has 0 unspecified atom stereocenters. The quantitative estimate of drug-likeness (QED) is 0.610. The molecule has 0 saturated carbocycles. The third-order valence-electron chi connectivity index (χ3n) is 3.79. The fraction of sp³-hybridized carbons (Fsp3) is 0.250. The molecule has 2 aromatic rings. The molecule has 1 atom stereocenters. The Morgan fingerprint density at radius 2 is 1.73 bits per heavy atom. The van der Waals surface area contributed by atoms with Gasteiger partial charge in [-0.05, 0) is 44.2 Å². The Morgan fingerprint density at radius 1 is 1.04 bits per heavy atom. The van der Waals surface area contributed by atoms with Crippen LogP contribution in [0.1, 0.15) is 40.1 Å². The van der Waals surface area contributed by atoms with Crippen molar-refractivity contribution in [2.75, 3.05) is 7.11 Å². The summed E-state index contributed by atoms with van der Waals surface area (Å²) < 4.78 is 10.5. The highest BCUT2D eigenvalue weighted by atomic mass is 16.5. The van der Waals surface area contributed by atoms with Crippen LogP contribution in [-0.4, -0.2) is 30.8 Å². The van der Waals surface area contributed by atoms with Gasteiger partial charge in [-0.2, -0.15) is 0 Å². The lowest BCUT2D eigenvalue weighted by molar-refractivity contribution is -0.146. The zero-order valence-electron chi connectivity index (χ0n) is 14.9. The molecule has 0 heterocycles. The SMILES string of the molecule is COc1ccc(C(C)=O)cc1COC(=O)[C@H](C)NC(=O)c1ccccc1. The Morgan fingerprint density at radius 3 is 2.35 bits per heavy atom. The van der Waals surface area contributed by atoms with Crippen molar-refractivity contribution in [3.8, 4) is 5.75 Å². The number of amides is 1. The van der Waals surface area contributed by atoms with Crippen molar-refractivity contribution in [3.63, 3.8) is 0 Å². The maximum Gasteiger partial charge on any atom is 0.328 e. The van der Waals surface area contributed by atoms with E-state index in [4.69, 9.17) is 9.47 Å². The van der Waals surface area contributed by atoms with E-state index in [1.54, 1.807) is 55.5 Å². The predicted octanol–water partition coefficient (Wildman–Crippen LogP) is 2.76. The second-order valence-electron chi connectivity index (χ2n) is 5.75. The molecule has 2 rings (SSSR count). The van der Waals surface area contributed by atoms with Gasteiger partial charge in [-0.1, -0.05) is 18.2 Å². The van der Waals surface area contributed by atoms with Crippen LogP contribution in [-0.2, 0) is 16.1 Å². The van der Waals surface area contributed by atoms with E-state index in [9.17, 15) is 14.4 Å². The second kappa shape index (κ2) is 8.80. The van der Waals surface area contributed by atoms with Crippen molar-refractivity contribution < 1.29 is 23.9 Å². The van der Waals surface area contributed by atoms with Crippen molar-refractivity contribution in [1.82, 2.24) is 5.32 Å². The summed E-state index contributed by atoms with van der Waals surface area (Å²) in [6.07, 6.45) is 0. The van der Waals surface area contributed by atoms with Crippen molar-refractivity contribution in [2.45, 2.75) is 26.5 Å². The summed E-state index contributed by atoms with van der Waals surface area (Å²) >= 11 is 0. The minimum absolute atomic E-state index is 0.0608. The van der Waals surface area contributed by atoms with Crippen molar-refractivity contribution in [1.29, 1.82) is 0 Å². The number of hydrogen-bond acceptors (Lipinski definition) is 5. The lowest BCUT2D eigenvalue weighted by Gasteiger charge is -2.15. The van der Waals surface area contributed by atoms with Crippen molar-refractivity contribution in [3.05, 3.63) is 65.2 Å². The van der Waals surface area contributed by atoms with Crippen LogP contribution in [0.25, 0.3) is 0 Å². The smallest absolute Gasteiger partial charge is 0.328 e. The van der Waals surface area contributed by atoms with Crippen LogP contribution >= 0.6 is 0 Å². The van der Waals surface area contributed by atoms with E-state index in [2.05, 4.69) is 5.32 Å². The number of nitrogens with one attached hydrogen (secondary N) is 1. The molecule has 26 heavy (non-hydrogen) atoms. The fourth-order valence-electron chi connectivity index (χ4n) is 2.31. The normalized spacial score (nSPS) is 11.3. The number of rotatable bonds is 7. The first-order valence-corrected chi connectivity index (χ1v) is 8.12. The third kappa shape index (κ3) is 4.92. The van der Waals surface area contributed by atoms with Gasteiger partial charge in [0.05, 0.1) is 7.11 Å². The van der Waals surface area contributed by atoms with E-state index in [0.717, 1.165) is 0 Å². The zero-order valence-corrected chi connectivity index (χ0v) is 14.9. The molecule has 0 fully saturated rings. The largest absolute Gasteiger partial charge is 0.496 e. The second-order valence-corrected chi connectivity index (χ2v) is 5.75. The highest BCUT2D eigenvalue weighted by molar-refractivity contribution is 5.96. The molecule has 1 N–H and O–H groups in total. The summed E-state index contributed by atoms with van der Waals surface area (Å²) in [4.78, 5) is 35.7. The molecule has 0 saturated heterocycles. The molecule has 0 aliphatic rings. The van der Waals surface area contributed by atoms with Gasteiger partial charge in [0.15, 0.2) is 5.78 Å². The Kier molecular flexibility index (Phi) is 6.49. The van der Waals surface area contributed by atoms with Gasteiger partial charge < -0.3 is 14.8 Å². The van der Waals surface area contributed by atoms with E-state index >= 15 is 0 Å². The minimum atomic E-state index is -0.815. The Labute approximate surface area is 152 Å². The van der Waals surface area contributed by atoms with E-state index in [1.807, 2.05) is 0 Å². The molecule has 0 aliphatic heterocycles. The van der Waals surface area contributed by atoms with Gasteiger partial charge in [-0.25, -0.2) is 4.79 Å². The van der Waals surface area contributed by atoms with Crippen LogP contribution in [0.5, 0.6) is 5.75 Å². The maximum atomic E-state index is 12.2. The predicted molar refractivity (Wildman–Crippen MR) is 96.2 cm³/mol. The molecule has 6 heteroatoms. The van der Waals surface area contributed by atoms with E-state index in [0.29, 0.717) is 22.4 Å². The first-order chi connectivity index (χ1) is 12.4. The highest BCUT2D eigenvalue weighted by Crippen LogP contribution is 2.21. The van der Waals surface area contributed by atoms with Gasteiger partial charge >= 0.3 is 5.97 Å². The van der Waals surface area contributed by atoms with Gasteiger partial charge in [0.2, 0.25) is 0 Å². The van der Waals surface area contributed by atoms with E-state index in [-0.39, 0.29) is 18.3 Å². The third-order valence-corrected chi connectivity index (χ3v) is 3.79. The van der Waals surface area contributed by atoms with Gasteiger partial charge in [0.1, 0.15) is 18.4 Å². The lowest BCUT2D eigenvalue weighted by atomic mass is 10.1. The molecular formula is C20H21NO5. The number of carbonyl (C=O) groups is 3. The summed E-state index contributed by atoms with van der Waals surface area (Å²) in [5.41, 5.74) is 1.54. The standard InChI is InChI=1S/C20H21NO5/c1-13(21-19(23)15-7-5-4-6-8-15)20(24)26-12-17-11-16(14(2)22)9-10-18(17)25-3/h4-11,13H,12H2,1-3H3,(H,21,23)/t13-/m0/s1. The molecular weight excluding hydrogens is 334 g/mol. The van der Waals surface area contributed by atoms with Crippen LogP contribution in [0.3, 0.4) is 0 Å². The van der Waals surface area contributed by atoms with Gasteiger partial charge in [-0.15, -0.1) is 0 Å². The maximum absolute atomic E-state index is 12.2. The number of hydrogen-bond donors (Lipinski definition) is 1. The molecule has 0 aromatic heterocycles. The molecule has 6 nitrogen and oxygen atoms in total. The van der Waals surface area contributed by atoms with Crippen molar-refractivity contribution >= 4 is 17.7 Å². The van der Waals surface area contributed by atoms with Crippen LogP contribution in [0.4, 0.5) is 0 Å². The van der Waals surface area contributed by atoms with Gasteiger partial charge in [0.25, 0.3) is 5.91 Å². The summed E-state index contributed by atoms with van der Waals surface area (Å²) in [5.74, 6) is -0.511. The highest BCUT2D eigenvalue weighted by Gasteiger charge is 2.19. The topological polar surface area (TPSA) is 81.7 Å². The number of benzene rings is 2. The molecule has 136 valence electrons. The zero-order chi connectivity index (χ0) is 19.1. The molecule has 0 bridgehead atoms. The van der Waals surface area contributed by atoms with Gasteiger partial charge in [0, 0.05) is 16.7 Å². The number of esters is 1. The first kappa shape index (κ1) is 19.2. The molecule has 0 radical (unpaired) electrons. The molecule has 1 amide bonds. The van der Waals surface area contributed by atoms with E-state index < -0.39 is 12.0 Å². The van der Waals surface area contributed by atoms with Gasteiger partial charge in [-0.3, -0.25) is 9.59 Å². The molecule has 0 aliphatic carbocycles. The van der Waals surface area contributed by atoms with Crippen LogP contribution in [0, 0.1) is 0 Å². The monoisotopic (exact) mass is 355 g/mol. The van der Waals surface area contributed by atoms with E-state index in [1.165, 1.54) is 14.0 Å². The number of ketones is 1. The summed E-state index contributed by atoms with van der Waals surface area (Å²) in [5, 5.41) is 2.59. The number of methoxy groups -OCH3 is 1. The average molecular weight is 355 g/mol.